The van der Waals surface area contributed by atoms with E-state index in [1.54, 1.807) is 0 Å². The Hall–Kier alpha value is -2.04. The number of nitrogens with zero attached hydrogens (tertiary/aromatic N) is 1. The molecule has 0 radical (unpaired) electrons. The van der Waals surface area contributed by atoms with E-state index in [2.05, 4.69) is 12.1 Å². The molecular formula is C21H27ClN2O2. The quantitative estimate of drug-likeness (QED) is 0.867. The lowest BCUT2D eigenvalue weighted by molar-refractivity contribution is 0.0780. The lowest BCUT2D eigenvalue weighted by atomic mass is 9.89. The zero-order valence-electron chi connectivity index (χ0n) is 15.3. The van der Waals surface area contributed by atoms with Gasteiger partial charge in [-0.25, -0.2) is 0 Å². The highest BCUT2D eigenvalue weighted by Gasteiger charge is 2.36. The molecule has 140 valence electrons. The molecular weight excluding hydrogens is 348 g/mol. The van der Waals surface area contributed by atoms with Gasteiger partial charge in [0.15, 0.2) is 0 Å². The Morgan fingerprint density at radius 3 is 2.42 bits per heavy atom. The molecule has 1 heterocycles. The molecule has 2 atom stereocenters. The number of amides is 1. The smallest absolute Gasteiger partial charge is 0.257 e. The molecule has 0 bridgehead atoms. The standard InChI is InChI=1S/C21H26N2O2.ClH/c1-15(2)25-20-11-7-6-10-18(20)21(24)23-13-17(12-22)19(14-23)16-8-4-3-5-9-16;/h3-11,15,17,19H,12-14,22H2,1-2H3;1H/t17-,19+;/m1./s1. The maximum absolute atomic E-state index is 13.1. The van der Waals surface area contributed by atoms with Gasteiger partial charge in [0.1, 0.15) is 5.75 Å². The summed E-state index contributed by atoms with van der Waals surface area (Å²) in [6, 6.07) is 17.8. The van der Waals surface area contributed by atoms with Gasteiger partial charge in [-0.05, 0) is 44.0 Å². The van der Waals surface area contributed by atoms with Crippen molar-refractivity contribution < 1.29 is 9.53 Å². The summed E-state index contributed by atoms with van der Waals surface area (Å²) >= 11 is 0. The van der Waals surface area contributed by atoms with Crippen LogP contribution in [0.15, 0.2) is 54.6 Å². The van der Waals surface area contributed by atoms with Gasteiger partial charge >= 0.3 is 0 Å². The van der Waals surface area contributed by atoms with Crippen molar-refractivity contribution in [3.05, 3.63) is 65.7 Å². The van der Waals surface area contributed by atoms with E-state index in [9.17, 15) is 4.79 Å². The monoisotopic (exact) mass is 374 g/mol. The molecule has 0 saturated carbocycles. The summed E-state index contributed by atoms with van der Waals surface area (Å²) in [5, 5.41) is 0. The largest absolute Gasteiger partial charge is 0.490 e. The molecule has 0 spiro atoms. The highest BCUT2D eigenvalue weighted by Crippen LogP contribution is 2.33. The van der Waals surface area contributed by atoms with E-state index in [1.165, 1.54) is 5.56 Å². The van der Waals surface area contributed by atoms with Crippen LogP contribution < -0.4 is 10.5 Å². The van der Waals surface area contributed by atoms with E-state index in [0.717, 1.165) is 0 Å². The number of likely N-dealkylation sites (tertiary alicyclic amines) is 1. The molecule has 2 N–H and O–H groups in total. The lowest BCUT2D eigenvalue weighted by Crippen LogP contribution is -2.30. The van der Waals surface area contributed by atoms with Crippen molar-refractivity contribution in [2.45, 2.75) is 25.9 Å². The molecule has 5 heteroatoms. The predicted octanol–water partition coefficient (Wildman–Crippen LogP) is 3.71. The average molecular weight is 375 g/mol. The highest BCUT2D eigenvalue weighted by molar-refractivity contribution is 5.97. The van der Waals surface area contributed by atoms with Crippen molar-refractivity contribution >= 4 is 18.3 Å². The van der Waals surface area contributed by atoms with Crippen molar-refractivity contribution in [1.29, 1.82) is 0 Å². The molecule has 26 heavy (non-hydrogen) atoms. The fraction of sp³-hybridized carbons (Fsp3) is 0.381. The second kappa shape index (κ2) is 9.06. The van der Waals surface area contributed by atoms with Gasteiger partial charge in [-0.3, -0.25) is 4.79 Å². The molecule has 1 aliphatic rings. The predicted molar refractivity (Wildman–Crippen MR) is 107 cm³/mol. The molecule has 1 amide bonds. The minimum atomic E-state index is 0. The zero-order chi connectivity index (χ0) is 17.8. The van der Waals surface area contributed by atoms with Gasteiger partial charge < -0.3 is 15.4 Å². The Kier molecular flexibility index (Phi) is 7.06. The summed E-state index contributed by atoms with van der Waals surface area (Å²) < 4.78 is 5.82. The maximum Gasteiger partial charge on any atom is 0.257 e. The number of nitrogens with two attached hydrogens (primary N) is 1. The number of rotatable bonds is 5. The van der Waals surface area contributed by atoms with E-state index in [0.29, 0.717) is 30.9 Å². The summed E-state index contributed by atoms with van der Waals surface area (Å²) in [7, 11) is 0. The van der Waals surface area contributed by atoms with E-state index in [-0.39, 0.29) is 36.3 Å². The summed E-state index contributed by atoms with van der Waals surface area (Å²) in [5.41, 5.74) is 7.87. The Bertz CT molecular complexity index is 721. The van der Waals surface area contributed by atoms with Crippen LogP contribution in [-0.4, -0.2) is 36.5 Å². The highest BCUT2D eigenvalue weighted by atomic mass is 35.5. The normalized spacial score (nSPS) is 19.3. The summed E-state index contributed by atoms with van der Waals surface area (Å²) in [5.74, 6) is 1.24. The molecule has 3 rings (SSSR count). The second-order valence-corrected chi connectivity index (χ2v) is 6.89. The SMILES string of the molecule is CC(C)Oc1ccccc1C(=O)N1C[C@@H](CN)[C@H](c2ccccc2)C1.Cl. The van der Waals surface area contributed by atoms with Crippen molar-refractivity contribution in [2.24, 2.45) is 11.7 Å². The van der Waals surface area contributed by atoms with Gasteiger partial charge in [-0.1, -0.05) is 42.5 Å². The van der Waals surface area contributed by atoms with Crippen LogP contribution in [0.5, 0.6) is 5.75 Å². The molecule has 2 aromatic carbocycles. The van der Waals surface area contributed by atoms with Crippen LogP contribution in [0, 0.1) is 5.92 Å². The van der Waals surface area contributed by atoms with Gasteiger partial charge in [-0.2, -0.15) is 0 Å². The van der Waals surface area contributed by atoms with E-state index in [4.69, 9.17) is 10.5 Å². The number of hydrogen-bond acceptors (Lipinski definition) is 3. The van der Waals surface area contributed by atoms with Crippen LogP contribution in [0.2, 0.25) is 0 Å². The van der Waals surface area contributed by atoms with E-state index in [1.807, 2.05) is 61.2 Å². The van der Waals surface area contributed by atoms with E-state index >= 15 is 0 Å². The van der Waals surface area contributed by atoms with Gasteiger partial charge in [0, 0.05) is 19.0 Å². The van der Waals surface area contributed by atoms with Crippen LogP contribution in [0.4, 0.5) is 0 Å². The first kappa shape index (κ1) is 20.3. The van der Waals surface area contributed by atoms with Crippen LogP contribution in [-0.2, 0) is 0 Å². The number of ether oxygens (including phenoxy) is 1. The van der Waals surface area contributed by atoms with Crippen molar-refractivity contribution in [3.63, 3.8) is 0 Å². The van der Waals surface area contributed by atoms with Crippen molar-refractivity contribution in [2.75, 3.05) is 19.6 Å². The number of para-hydroxylation sites is 1. The average Bonchev–Trinajstić information content (AvgIpc) is 3.06. The summed E-state index contributed by atoms with van der Waals surface area (Å²) in [6.45, 7) is 5.89. The molecule has 0 aromatic heterocycles. The number of benzene rings is 2. The van der Waals surface area contributed by atoms with Gasteiger partial charge in [0.2, 0.25) is 0 Å². The fourth-order valence-electron chi connectivity index (χ4n) is 3.52. The van der Waals surface area contributed by atoms with Crippen LogP contribution in [0.25, 0.3) is 0 Å². The fourth-order valence-corrected chi connectivity index (χ4v) is 3.52. The number of halogens is 1. The molecule has 1 aliphatic heterocycles. The molecule has 4 nitrogen and oxygen atoms in total. The van der Waals surface area contributed by atoms with Gasteiger partial charge in [0.25, 0.3) is 5.91 Å². The first-order chi connectivity index (χ1) is 12.1. The molecule has 0 aliphatic carbocycles. The van der Waals surface area contributed by atoms with Crippen LogP contribution in [0.1, 0.15) is 35.7 Å². The van der Waals surface area contributed by atoms with Crippen LogP contribution >= 0.6 is 12.4 Å². The maximum atomic E-state index is 13.1. The third-order valence-corrected chi connectivity index (χ3v) is 4.74. The second-order valence-electron chi connectivity index (χ2n) is 6.89. The minimum absolute atomic E-state index is 0. The molecule has 1 saturated heterocycles. The summed E-state index contributed by atoms with van der Waals surface area (Å²) in [4.78, 5) is 15.0. The first-order valence-corrected chi connectivity index (χ1v) is 8.90. The third kappa shape index (κ3) is 4.37. The number of carbonyl (C=O) groups is 1. The Morgan fingerprint density at radius 2 is 1.77 bits per heavy atom. The Balaban J connectivity index is 0.00000243. The Morgan fingerprint density at radius 1 is 1.12 bits per heavy atom. The number of hydrogen-bond donors (Lipinski definition) is 1. The van der Waals surface area contributed by atoms with Crippen molar-refractivity contribution in [3.8, 4) is 5.75 Å². The van der Waals surface area contributed by atoms with E-state index < -0.39 is 0 Å². The zero-order valence-corrected chi connectivity index (χ0v) is 16.1. The first-order valence-electron chi connectivity index (χ1n) is 8.90. The third-order valence-electron chi connectivity index (χ3n) is 4.74. The van der Waals surface area contributed by atoms with Crippen molar-refractivity contribution in [1.82, 2.24) is 4.90 Å². The Labute approximate surface area is 161 Å². The summed E-state index contributed by atoms with van der Waals surface area (Å²) in [6.07, 6.45) is 0.0291. The van der Waals surface area contributed by atoms with Gasteiger partial charge in [-0.15, -0.1) is 12.4 Å². The van der Waals surface area contributed by atoms with Gasteiger partial charge in [0.05, 0.1) is 11.7 Å². The minimum Gasteiger partial charge on any atom is -0.490 e. The topological polar surface area (TPSA) is 55.6 Å². The molecule has 1 fully saturated rings. The molecule has 0 unspecified atom stereocenters. The van der Waals surface area contributed by atoms with Crippen LogP contribution in [0.3, 0.4) is 0 Å². The molecule has 2 aromatic rings. The lowest BCUT2D eigenvalue weighted by Gasteiger charge is -2.20. The number of carbonyl (C=O) groups excluding carboxylic acids is 1.